The van der Waals surface area contributed by atoms with E-state index in [0.717, 1.165) is 20.4 Å². The topological polar surface area (TPSA) is 17.1 Å². The third-order valence-electron chi connectivity index (χ3n) is 0. The van der Waals surface area contributed by atoms with E-state index in [1.807, 2.05) is 0 Å². The second kappa shape index (κ2) is 16.1. The summed E-state index contributed by atoms with van der Waals surface area (Å²) in [6.07, 6.45) is 0. The number of rotatable bonds is 0. The minimum absolute atomic E-state index is 0. The molecule has 0 N–H and O–H groups in total. The van der Waals surface area contributed by atoms with Crippen molar-refractivity contribution in [1.29, 1.82) is 0 Å². The van der Waals surface area contributed by atoms with Crippen LogP contribution < -0.4 is 0 Å². The molecular formula is H2BaNdOTi. The average Bonchev–Trinajstić information content (AvgIpc) is 1.00. The van der Waals surface area contributed by atoms with Gasteiger partial charge in [0.15, 0.2) is 0 Å². The van der Waals surface area contributed by atoms with E-state index in [1.165, 1.54) is 0 Å². The normalized spacial score (nSPS) is 0.750. The van der Waals surface area contributed by atoms with Crippen molar-refractivity contribution in [3.05, 3.63) is 0 Å². The van der Waals surface area contributed by atoms with Crippen molar-refractivity contribution < 1.29 is 67.4 Å². The Labute approximate surface area is 113 Å². The summed E-state index contributed by atoms with van der Waals surface area (Å²) in [5.74, 6) is 0. The van der Waals surface area contributed by atoms with Crippen LogP contribution in [0, 0.1) is 40.8 Å². The summed E-state index contributed by atoms with van der Waals surface area (Å²) < 4.78 is 8.25. The first-order valence-corrected chi connectivity index (χ1v) is 0.842. The summed E-state index contributed by atoms with van der Waals surface area (Å²) in [7, 11) is 0. The molecule has 0 spiro atoms. The molecule has 0 aromatic rings. The molecule has 0 amide bonds. The van der Waals surface area contributed by atoms with E-state index in [-0.39, 0.29) is 92.6 Å². The predicted molar refractivity (Wildman–Crippen MR) is 8.66 cm³/mol. The van der Waals surface area contributed by atoms with Crippen molar-refractivity contribution in [2.75, 3.05) is 0 Å². The molecule has 0 saturated carbocycles. The van der Waals surface area contributed by atoms with Gasteiger partial charge in [-0.3, -0.25) is 0 Å². The zero-order valence-corrected chi connectivity index (χ0v) is 11.3. The van der Waals surface area contributed by atoms with Gasteiger partial charge in [0.2, 0.25) is 0 Å². The maximum absolute atomic E-state index is 8.25. The molecule has 0 unspecified atom stereocenters. The molecule has 0 radical (unpaired) electrons. The zero-order chi connectivity index (χ0) is 2.00. The average molecular weight is 347 g/mol. The van der Waals surface area contributed by atoms with Gasteiger partial charge in [-0.05, 0) is 0 Å². The summed E-state index contributed by atoms with van der Waals surface area (Å²) >= 11 is 0.750. The molecule has 0 aliphatic carbocycles. The van der Waals surface area contributed by atoms with E-state index >= 15 is 0 Å². The minimum atomic E-state index is 0. The van der Waals surface area contributed by atoms with Crippen LogP contribution in [0.1, 0.15) is 2.85 Å². The fraction of sp³-hybridized carbons (Fsp3) is 0. The van der Waals surface area contributed by atoms with Gasteiger partial charge in [0.1, 0.15) is 0 Å². The Hall–Kier alpha value is 3.44. The van der Waals surface area contributed by atoms with Crippen molar-refractivity contribution in [2.45, 2.75) is 0 Å². The van der Waals surface area contributed by atoms with Gasteiger partial charge in [-0.15, -0.1) is 0 Å². The molecular weight excluding hydrogens is 345 g/mol. The molecule has 0 rings (SSSR count). The summed E-state index contributed by atoms with van der Waals surface area (Å²) in [5, 5.41) is 0. The van der Waals surface area contributed by atoms with Crippen LogP contribution in [0.5, 0.6) is 0 Å². The predicted octanol–water partition coefficient (Wildman–Crippen LogP) is -0.277. The Balaban J connectivity index is -0.000000000833. The SMILES string of the molecule is [Ba+2].[H-].[H-].[Nd].[O]=[Ti]. The Kier molecular flexibility index (Phi) is 63.0. The van der Waals surface area contributed by atoms with E-state index < -0.39 is 0 Å². The third kappa shape index (κ3) is 9.06. The summed E-state index contributed by atoms with van der Waals surface area (Å²) in [4.78, 5) is 0. The van der Waals surface area contributed by atoms with Crippen LogP contribution in [0.4, 0.5) is 0 Å². The van der Waals surface area contributed by atoms with Crippen molar-refractivity contribution in [2.24, 2.45) is 0 Å². The van der Waals surface area contributed by atoms with Gasteiger partial charge in [0.05, 0.1) is 0 Å². The van der Waals surface area contributed by atoms with Crippen LogP contribution in [-0.2, 0) is 23.7 Å². The second-order valence-corrected chi connectivity index (χ2v) is 0. The monoisotopic (exact) mass is 346 g/mol. The number of hydrogen-bond donors (Lipinski definition) is 0. The first kappa shape index (κ1) is 15.7. The van der Waals surface area contributed by atoms with Crippen molar-refractivity contribution in [1.82, 2.24) is 0 Å². The Bertz CT molecular complexity index is 13.5. The van der Waals surface area contributed by atoms with Crippen LogP contribution in [0.15, 0.2) is 0 Å². The van der Waals surface area contributed by atoms with Gasteiger partial charge in [-0.2, -0.15) is 0 Å². The third-order valence-corrected chi connectivity index (χ3v) is 0. The van der Waals surface area contributed by atoms with Crippen LogP contribution >= 0.6 is 0 Å². The molecule has 1 nitrogen and oxygen atoms in total. The fourth-order valence-electron chi connectivity index (χ4n) is 0. The molecule has 4 heteroatoms. The number of hydrogen-bond acceptors (Lipinski definition) is 1. The summed E-state index contributed by atoms with van der Waals surface area (Å²) in [5.41, 5.74) is 0. The van der Waals surface area contributed by atoms with E-state index in [4.69, 9.17) is 3.32 Å². The summed E-state index contributed by atoms with van der Waals surface area (Å²) in [6, 6.07) is 0. The Morgan fingerprint density at radius 3 is 1.50 bits per heavy atom. The summed E-state index contributed by atoms with van der Waals surface area (Å²) in [6.45, 7) is 0. The molecule has 0 fully saturated rings. The molecule has 18 valence electrons. The van der Waals surface area contributed by atoms with E-state index in [9.17, 15) is 0 Å². The molecule has 0 aliphatic rings. The van der Waals surface area contributed by atoms with Crippen molar-refractivity contribution >= 4 is 48.9 Å². The maximum atomic E-state index is 8.25. The van der Waals surface area contributed by atoms with Gasteiger partial charge in [-0.1, -0.05) is 0 Å². The first-order chi connectivity index (χ1) is 1.00. The van der Waals surface area contributed by atoms with E-state index in [2.05, 4.69) is 0 Å². The van der Waals surface area contributed by atoms with Crippen LogP contribution in [0.2, 0.25) is 0 Å². The molecule has 0 saturated heterocycles. The van der Waals surface area contributed by atoms with Gasteiger partial charge in [0.25, 0.3) is 0 Å². The molecule has 4 heavy (non-hydrogen) atoms. The molecule has 0 heterocycles. The fourth-order valence-corrected chi connectivity index (χ4v) is 0. The molecule has 0 bridgehead atoms. The van der Waals surface area contributed by atoms with Gasteiger partial charge >= 0.3 is 72.6 Å². The van der Waals surface area contributed by atoms with Crippen LogP contribution in [0.25, 0.3) is 0 Å². The zero-order valence-electron chi connectivity index (χ0n) is 4.12. The molecule has 0 aliphatic heterocycles. The van der Waals surface area contributed by atoms with Gasteiger partial charge in [-0.25, -0.2) is 0 Å². The van der Waals surface area contributed by atoms with Gasteiger partial charge < -0.3 is 2.85 Å². The first-order valence-electron chi connectivity index (χ1n) is 0.204. The van der Waals surface area contributed by atoms with E-state index in [0.29, 0.717) is 0 Å². The molecule has 0 atom stereocenters. The molecule has 0 aromatic carbocycles. The van der Waals surface area contributed by atoms with E-state index in [1.54, 1.807) is 0 Å². The quantitative estimate of drug-likeness (QED) is 0.551. The Morgan fingerprint density at radius 2 is 1.50 bits per heavy atom. The Morgan fingerprint density at radius 1 is 1.50 bits per heavy atom. The van der Waals surface area contributed by atoms with Crippen molar-refractivity contribution in [3.63, 3.8) is 0 Å². The molecule has 0 aromatic heterocycles. The second-order valence-electron chi connectivity index (χ2n) is 0. The van der Waals surface area contributed by atoms with Crippen molar-refractivity contribution in [3.8, 4) is 0 Å². The van der Waals surface area contributed by atoms with Crippen LogP contribution in [0.3, 0.4) is 0 Å². The van der Waals surface area contributed by atoms with Gasteiger partial charge in [0, 0.05) is 40.8 Å². The standard InChI is InChI=1S/Ba.Nd.O.Ti.2H/q+2;;;;2*-1. The van der Waals surface area contributed by atoms with Crippen LogP contribution in [-0.4, -0.2) is 48.9 Å².